The Hall–Kier alpha value is -1.39. The molecule has 1 aromatic carbocycles. The van der Waals surface area contributed by atoms with Crippen molar-refractivity contribution in [2.45, 2.75) is 32.7 Å². The van der Waals surface area contributed by atoms with E-state index in [0.717, 1.165) is 36.2 Å². The highest BCUT2D eigenvalue weighted by Gasteiger charge is 2.23. The number of nitrogens with one attached hydrogen (secondary N) is 1. The first-order valence-corrected chi connectivity index (χ1v) is 7.71. The Morgan fingerprint density at radius 1 is 1.43 bits per heavy atom. The number of methoxy groups -OCH3 is 1. The quantitative estimate of drug-likeness (QED) is 0.873. The van der Waals surface area contributed by atoms with Crippen LogP contribution in [0.3, 0.4) is 0 Å². The molecule has 0 aliphatic carbocycles. The Balaban J connectivity index is 2.13. The van der Waals surface area contributed by atoms with Crippen molar-refractivity contribution in [3.63, 3.8) is 0 Å². The number of carbonyl (C=O) groups is 1. The Bertz CT molecular complexity index is 482. The molecule has 1 unspecified atom stereocenters. The van der Waals surface area contributed by atoms with Gasteiger partial charge in [0.05, 0.1) is 6.61 Å². The van der Waals surface area contributed by atoms with Crippen LogP contribution in [0.5, 0.6) is 0 Å². The number of nitrogens with zero attached hydrogens (tertiary/aromatic N) is 1. The van der Waals surface area contributed by atoms with Gasteiger partial charge in [0.25, 0.3) is 5.91 Å². The number of amides is 1. The summed E-state index contributed by atoms with van der Waals surface area (Å²) < 4.78 is 5.16. The first-order valence-electron chi connectivity index (χ1n) is 7.71. The van der Waals surface area contributed by atoms with E-state index in [-0.39, 0.29) is 5.91 Å². The van der Waals surface area contributed by atoms with Gasteiger partial charge in [-0.15, -0.1) is 0 Å². The van der Waals surface area contributed by atoms with Gasteiger partial charge in [-0.2, -0.15) is 0 Å². The second kappa shape index (κ2) is 7.57. The predicted molar refractivity (Wildman–Crippen MR) is 84.7 cm³/mol. The molecule has 1 fully saturated rings. The largest absolute Gasteiger partial charge is 0.383 e. The lowest BCUT2D eigenvalue weighted by Crippen LogP contribution is -2.42. The Labute approximate surface area is 127 Å². The van der Waals surface area contributed by atoms with E-state index < -0.39 is 0 Å². The molecule has 1 saturated heterocycles. The minimum atomic E-state index is 0.113. The monoisotopic (exact) mass is 290 g/mol. The molecule has 0 spiro atoms. The molecule has 1 N–H and O–H groups in total. The smallest absolute Gasteiger partial charge is 0.254 e. The number of aryl methyl sites for hydroxylation is 1. The molecule has 1 amide bonds. The van der Waals surface area contributed by atoms with Gasteiger partial charge in [-0.3, -0.25) is 4.79 Å². The highest BCUT2D eigenvalue weighted by molar-refractivity contribution is 5.96. The van der Waals surface area contributed by atoms with Gasteiger partial charge in [0, 0.05) is 31.8 Å². The maximum atomic E-state index is 12.9. The Morgan fingerprint density at radius 3 is 2.90 bits per heavy atom. The molecule has 4 heteroatoms. The van der Waals surface area contributed by atoms with E-state index in [9.17, 15) is 4.79 Å². The molecule has 4 nitrogen and oxygen atoms in total. The van der Waals surface area contributed by atoms with Crippen molar-refractivity contribution in [3.8, 4) is 0 Å². The molecule has 116 valence electrons. The minimum Gasteiger partial charge on any atom is -0.383 e. The molecule has 1 aliphatic rings. The van der Waals surface area contributed by atoms with Crippen molar-refractivity contribution in [2.24, 2.45) is 0 Å². The summed E-state index contributed by atoms with van der Waals surface area (Å²) in [7, 11) is 1.67. The van der Waals surface area contributed by atoms with Crippen LogP contribution in [-0.2, 0) is 4.74 Å². The second-order valence-corrected chi connectivity index (χ2v) is 5.78. The maximum Gasteiger partial charge on any atom is 0.254 e. The van der Waals surface area contributed by atoms with E-state index >= 15 is 0 Å². The van der Waals surface area contributed by atoms with Crippen LogP contribution >= 0.6 is 0 Å². The molecule has 0 saturated carbocycles. The van der Waals surface area contributed by atoms with E-state index in [4.69, 9.17) is 4.74 Å². The maximum absolute atomic E-state index is 12.9. The zero-order chi connectivity index (χ0) is 15.2. The number of hydrogen-bond acceptors (Lipinski definition) is 3. The van der Waals surface area contributed by atoms with E-state index in [1.165, 1.54) is 6.42 Å². The topological polar surface area (TPSA) is 41.6 Å². The molecule has 0 radical (unpaired) electrons. The van der Waals surface area contributed by atoms with Crippen LogP contribution in [0.15, 0.2) is 18.2 Å². The van der Waals surface area contributed by atoms with Crippen LogP contribution in [0.4, 0.5) is 0 Å². The average molecular weight is 290 g/mol. The summed E-state index contributed by atoms with van der Waals surface area (Å²) in [6, 6.07) is 6.34. The first-order chi connectivity index (χ1) is 10.1. The normalized spacial score (nSPS) is 18.0. The van der Waals surface area contributed by atoms with Gasteiger partial charge >= 0.3 is 0 Å². The van der Waals surface area contributed by atoms with Crippen molar-refractivity contribution in [3.05, 3.63) is 34.9 Å². The van der Waals surface area contributed by atoms with Crippen LogP contribution in [0, 0.1) is 13.8 Å². The second-order valence-electron chi connectivity index (χ2n) is 5.78. The van der Waals surface area contributed by atoms with Crippen molar-refractivity contribution in [2.75, 3.05) is 33.4 Å². The van der Waals surface area contributed by atoms with Crippen LogP contribution in [0.1, 0.15) is 34.3 Å². The summed E-state index contributed by atoms with van der Waals surface area (Å²) in [4.78, 5) is 14.8. The molecule has 1 aliphatic heterocycles. The first kappa shape index (κ1) is 16.0. The summed E-state index contributed by atoms with van der Waals surface area (Å²) >= 11 is 0. The summed E-state index contributed by atoms with van der Waals surface area (Å²) in [5.74, 6) is 0.113. The average Bonchev–Trinajstić information content (AvgIpc) is 2.98. The SMILES string of the molecule is COCCN(CC1CCCN1)C(=O)c1cccc(C)c1C. The number of carbonyl (C=O) groups excluding carboxylic acids is 1. The van der Waals surface area contributed by atoms with E-state index in [1.807, 2.05) is 36.9 Å². The van der Waals surface area contributed by atoms with E-state index in [1.54, 1.807) is 7.11 Å². The summed E-state index contributed by atoms with van der Waals surface area (Å²) in [5, 5.41) is 3.46. The van der Waals surface area contributed by atoms with Crippen molar-refractivity contribution in [1.29, 1.82) is 0 Å². The highest BCUT2D eigenvalue weighted by Crippen LogP contribution is 2.16. The number of benzene rings is 1. The third-order valence-electron chi connectivity index (χ3n) is 4.29. The van der Waals surface area contributed by atoms with Crippen LogP contribution < -0.4 is 5.32 Å². The van der Waals surface area contributed by atoms with Crippen LogP contribution in [0.25, 0.3) is 0 Å². The predicted octanol–water partition coefficient (Wildman–Crippen LogP) is 2.14. The van der Waals surface area contributed by atoms with Crippen molar-refractivity contribution >= 4 is 5.91 Å². The molecule has 2 rings (SSSR count). The molecule has 1 aromatic rings. The number of ether oxygens (including phenoxy) is 1. The zero-order valence-corrected chi connectivity index (χ0v) is 13.3. The van der Waals surface area contributed by atoms with Gasteiger partial charge in [0.2, 0.25) is 0 Å². The lowest BCUT2D eigenvalue weighted by molar-refractivity contribution is 0.0678. The van der Waals surface area contributed by atoms with Gasteiger partial charge in [0.15, 0.2) is 0 Å². The van der Waals surface area contributed by atoms with Gasteiger partial charge in [-0.1, -0.05) is 12.1 Å². The molecule has 1 heterocycles. The molecular formula is C17H26N2O2. The third-order valence-corrected chi connectivity index (χ3v) is 4.29. The van der Waals surface area contributed by atoms with Crippen molar-refractivity contribution in [1.82, 2.24) is 10.2 Å². The van der Waals surface area contributed by atoms with Gasteiger partial charge in [0.1, 0.15) is 0 Å². The lowest BCUT2D eigenvalue weighted by Gasteiger charge is -2.26. The van der Waals surface area contributed by atoms with Gasteiger partial charge in [-0.05, 0) is 50.4 Å². The molecule has 0 aromatic heterocycles. The minimum absolute atomic E-state index is 0.113. The van der Waals surface area contributed by atoms with Crippen LogP contribution in [0.2, 0.25) is 0 Å². The van der Waals surface area contributed by atoms with Gasteiger partial charge < -0.3 is 15.0 Å². The number of hydrogen-bond donors (Lipinski definition) is 1. The summed E-state index contributed by atoms with van der Waals surface area (Å²) in [6.07, 6.45) is 2.34. The fourth-order valence-electron chi connectivity index (χ4n) is 2.81. The third kappa shape index (κ3) is 4.05. The lowest BCUT2D eigenvalue weighted by atomic mass is 10.0. The molecule has 1 atom stereocenters. The molecule has 0 bridgehead atoms. The highest BCUT2D eigenvalue weighted by atomic mass is 16.5. The van der Waals surface area contributed by atoms with Gasteiger partial charge in [-0.25, -0.2) is 0 Å². The fraction of sp³-hybridized carbons (Fsp3) is 0.588. The molecular weight excluding hydrogens is 264 g/mol. The van der Waals surface area contributed by atoms with E-state index in [0.29, 0.717) is 19.2 Å². The Morgan fingerprint density at radius 2 is 2.24 bits per heavy atom. The fourth-order valence-corrected chi connectivity index (χ4v) is 2.81. The molecule has 21 heavy (non-hydrogen) atoms. The zero-order valence-electron chi connectivity index (χ0n) is 13.3. The standard InChI is InChI=1S/C17H26N2O2/c1-13-6-4-8-16(14(13)2)17(20)19(10-11-21-3)12-15-7-5-9-18-15/h4,6,8,15,18H,5,7,9-12H2,1-3H3. The summed E-state index contributed by atoms with van der Waals surface area (Å²) in [5.41, 5.74) is 3.04. The summed E-state index contributed by atoms with van der Waals surface area (Å²) in [6.45, 7) is 7.09. The Kier molecular flexibility index (Phi) is 5.76. The number of rotatable bonds is 6. The van der Waals surface area contributed by atoms with E-state index in [2.05, 4.69) is 5.32 Å². The van der Waals surface area contributed by atoms with Crippen molar-refractivity contribution < 1.29 is 9.53 Å². The van der Waals surface area contributed by atoms with Crippen LogP contribution in [-0.4, -0.2) is 50.2 Å².